The van der Waals surface area contributed by atoms with Gasteiger partial charge in [0.2, 0.25) is 0 Å². The minimum Gasteiger partial charge on any atom is -0.488 e. The summed E-state index contributed by atoms with van der Waals surface area (Å²) >= 11 is 0. The molecule has 2 heterocycles. The van der Waals surface area contributed by atoms with Crippen molar-refractivity contribution in [2.75, 3.05) is 20.1 Å². The zero-order valence-corrected chi connectivity index (χ0v) is 17.9. The van der Waals surface area contributed by atoms with E-state index in [9.17, 15) is 0 Å². The van der Waals surface area contributed by atoms with Gasteiger partial charge in [0.15, 0.2) is 0 Å². The van der Waals surface area contributed by atoms with Gasteiger partial charge in [-0.05, 0) is 55.6 Å². The van der Waals surface area contributed by atoms with Crippen LogP contribution in [0.25, 0.3) is 5.57 Å². The summed E-state index contributed by atoms with van der Waals surface area (Å²) in [5.41, 5.74) is 8.21. The number of ether oxygens (including phenoxy) is 1. The second kappa shape index (κ2) is 10.3. The molecule has 1 fully saturated rings. The number of rotatable bonds is 0. The minimum absolute atomic E-state index is 0.656. The molecule has 2 aromatic rings. The SMILES string of the molecule is CC.CC.Cc1ccc2c(c1)C(=C1CCN(C)CC1)c1ccccc1CO2. The van der Waals surface area contributed by atoms with Crippen LogP contribution in [-0.2, 0) is 6.61 Å². The maximum atomic E-state index is 6.13. The zero-order valence-electron chi connectivity index (χ0n) is 17.9. The van der Waals surface area contributed by atoms with Crippen molar-refractivity contribution >= 4 is 5.57 Å². The van der Waals surface area contributed by atoms with Crippen LogP contribution in [0.4, 0.5) is 0 Å². The summed E-state index contributed by atoms with van der Waals surface area (Å²) < 4.78 is 6.13. The third kappa shape index (κ3) is 4.81. The predicted molar refractivity (Wildman–Crippen MR) is 117 cm³/mol. The first-order valence-corrected chi connectivity index (χ1v) is 10.4. The van der Waals surface area contributed by atoms with E-state index in [1.54, 1.807) is 5.57 Å². The Balaban J connectivity index is 0.000000614. The van der Waals surface area contributed by atoms with Crippen molar-refractivity contribution in [1.29, 1.82) is 0 Å². The normalized spacial score (nSPS) is 15.8. The van der Waals surface area contributed by atoms with Gasteiger partial charge in [-0.3, -0.25) is 0 Å². The molecule has 27 heavy (non-hydrogen) atoms. The Kier molecular flexibility index (Phi) is 8.12. The third-order valence-electron chi connectivity index (χ3n) is 5.02. The van der Waals surface area contributed by atoms with Crippen molar-refractivity contribution in [2.24, 2.45) is 0 Å². The summed E-state index contributed by atoms with van der Waals surface area (Å²) in [5.74, 6) is 1.02. The van der Waals surface area contributed by atoms with Gasteiger partial charge in [0.1, 0.15) is 12.4 Å². The molecular formula is C25H35NO. The molecule has 2 aromatic carbocycles. The van der Waals surface area contributed by atoms with Crippen molar-refractivity contribution in [2.45, 2.75) is 54.1 Å². The molecule has 4 rings (SSSR count). The molecule has 146 valence electrons. The Labute approximate surface area is 165 Å². The van der Waals surface area contributed by atoms with Crippen molar-refractivity contribution < 1.29 is 4.74 Å². The lowest BCUT2D eigenvalue weighted by atomic mass is 9.86. The molecule has 0 atom stereocenters. The van der Waals surface area contributed by atoms with Crippen LogP contribution >= 0.6 is 0 Å². The van der Waals surface area contributed by atoms with Gasteiger partial charge in [0, 0.05) is 18.7 Å². The largest absolute Gasteiger partial charge is 0.488 e. The number of aryl methyl sites for hydroxylation is 1. The van der Waals surface area contributed by atoms with Gasteiger partial charge >= 0.3 is 0 Å². The summed E-state index contributed by atoms with van der Waals surface area (Å²) in [7, 11) is 2.21. The molecule has 0 aliphatic carbocycles. The van der Waals surface area contributed by atoms with Gasteiger partial charge in [0.25, 0.3) is 0 Å². The van der Waals surface area contributed by atoms with E-state index in [-0.39, 0.29) is 0 Å². The van der Waals surface area contributed by atoms with Gasteiger partial charge in [-0.25, -0.2) is 0 Å². The summed E-state index contributed by atoms with van der Waals surface area (Å²) in [6.07, 6.45) is 2.29. The van der Waals surface area contributed by atoms with Crippen LogP contribution in [0.3, 0.4) is 0 Å². The van der Waals surface area contributed by atoms with E-state index < -0.39 is 0 Å². The smallest absolute Gasteiger partial charge is 0.127 e. The average molecular weight is 366 g/mol. The van der Waals surface area contributed by atoms with Gasteiger partial charge in [-0.15, -0.1) is 0 Å². The quantitative estimate of drug-likeness (QED) is 0.530. The number of nitrogens with zero attached hydrogens (tertiary/aromatic N) is 1. The number of hydrogen-bond acceptors (Lipinski definition) is 2. The first-order chi connectivity index (χ1) is 13.2. The fourth-order valence-electron chi connectivity index (χ4n) is 3.68. The van der Waals surface area contributed by atoms with Crippen LogP contribution in [0.5, 0.6) is 5.75 Å². The summed E-state index contributed by atoms with van der Waals surface area (Å²) in [4.78, 5) is 2.42. The second-order valence-electron chi connectivity index (χ2n) is 6.73. The lowest BCUT2D eigenvalue weighted by Crippen LogP contribution is -2.27. The van der Waals surface area contributed by atoms with Crippen LogP contribution in [0.15, 0.2) is 48.0 Å². The molecule has 2 aliphatic rings. The fraction of sp³-hybridized carbons (Fsp3) is 0.440. The molecule has 0 N–H and O–H groups in total. The topological polar surface area (TPSA) is 12.5 Å². The van der Waals surface area contributed by atoms with Crippen LogP contribution in [0.1, 0.15) is 62.8 Å². The van der Waals surface area contributed by atoms with Gasteiger partial charge < -0.3 is 9.64 Å². The summed E-state index contributed by atoms with van der Waals surface area (Å²) in [5, 5.41) is 0. The number of likely N-dealkylation sites (tertiary alicyclic amines) is 1. The van der Waals surface area contributed by atoms with Gasteiger partial charge in [0.05, 0.1) is 0 Å². The number of piperidine rings is 1. The van der Waals surface area contributed by atoms with E-state index in [4.69, 9.17) is 4.74 Å². The highest BCUT2D eigenvalue weighted by atomic mass is 16.5. The maximum Gasteiger partial charge on any atom is 0.127 e. The molecule has 0 unspecified atom stereocenters. The Morgan fingerprint density at radius 3 is 2.22 bits per heavy atom. The highest BCUT2D eigenvalue weighted by Gasteiger charge is 2.23. The van der Waals surface area contributed by atoms with E-state index in [0.29, 0.717) is 6.61 Å². The molecule has 2 aliphatic heterocycles. The highest BCUT2D eigenvalue weighted by Crippen LogP contribution is 2.41. The summed E-state index contributed by atoms with van der Waals surface area (Å²) in [6.45, 7) is 13.1. The molecule has 0 spiro atoms. The maximum absolute atomic E-state index is 6.13. The Morgan fingerprint density at radius 2 is 1.52 bits per heavy atom. The molecule has 0 saturated carbocycles. The molecule has 2 heteroatoms. The lowest BCUT2D eigenvalue weighted by molar-refractivity contribution is 0.307. The molecule has 1 saturated heterocycles. The van der Waals surface area contributed by atoms with Crippen LogP contribution in [-0.4, -0.2) is 25.0 Å². The molecule has 0 amide bonds. The molecule has 0 aromatic heterocycles. The summed E-state index contributed by atoms with van der Waals surface area (Å²) in [6, 6.07) is 15.3. The molecule has 0 bridgehead atoms. The van der Waals surface area contributed by atoms with E-state index in [0.717, 1.165) is 31.7 Å². The van der Waals surface area contributed by atoms with Crippen molar-refractivity contribution in [3.8, 4) is 5.75 Å². The fourth-order valence-corrected chi connectivity index (χ4v) is 3.68. The van der Waals surface area contributed by atoms with Crippen LogP contribution in [0.2, 0.25) is 0 Å². The Hall–Kier alpha value is -2.06. The van der Waals surface area contributed by atoms with Gasteiger partial charge in [-0.1, -0.05) is 69.2 Å². The first kappa shape index (κ1) is 21.2. The first-order valence-electron chi connectivity index (χ1n) is 10.4. The monoisotopic (exact) mass is 365 g/mol. The molecule has 2 nitrogen and oxygen atoms in total. The van der Waals surface area contributed by atoms with Crippen LogP contribution < -0.4 is 4.74 Å². The molecular weight excluding hydrogens is 330 g/mol. The van der Waals surface area contributed by atoms with Gasteiger partial charge in [-0.2, -0.15) is 0 Å². The lowest BCUT2D eigenvalue weighted by Gasteiger charge is -2.27. The average Bonchev–Trinajstić information content (AvgIpc) is 2.88. The second-order valence-corrected chi connectivity index (χ2v) is 6.73. The number of fused-ring (bicyclic) bond motifs is 2. The van der Waals surface area contributed by atoms with E-state index in [1.807, 2.05) is 27.7 Å². The Morgan fingerprint density at radius 1 is 0.852 bits per heavy atom. The van der Waals surface area contributed by atoms with Crippen LogP contribution in [0, 0.1) is 6.92 Å². The van der Waals surface area contributed by atoms with E-state index in [1.165, 1.54) is 27.8 Å². The Bertz CT molecular complexity index is 766. The van der Waals surface area contributed by atoms with Crippen molar-refractivity contribution in [1.82, 2.24) is 4.90 Å². The van der Waals surface area contributed by atoms with E-state index in [2.05, 4.69) is 61.3 Å². The third-order valence-corrected chi connectivity index (χ3v) is 5.02. The predicted octanol–water partition coefficient (Wildman–Crippen LogP) is 6.47. The zero-order chi connectivity index (χ0) is 19.8. The standard InChI is InChI=1S/C21H23NO.2C2H6/c1-15-7-8-20-19(13-15)21(16-9-11-22(2)12-10-16)18-6-4-3-5-17(18)14-23-20;2*1-2/h3-8,13H,9-12,14H2,1-2H3;2*1-2H3. The molecule has 0 radical (unpaired) electrons. The number of hydrogen-bond donors (Lipinski definition) is 0. The van der Waals surface area contributed by atoms with Crippen molar-refractivity contribution in [3.63, 3.8) is 0 Å². The minimum atomic E-state index is 0.656. The van der Waals surface area contributed by atoms with Crippen molar-refractivity contribution in [3.05, 3.63) is 70.3 Å². The van der Waals surface area contributed by atoms with E-state index >= 15 is 0 Å². The highest BCUT2D eigenvalue weighted by molar-refractivity contribution is 5.87. The number of benzene rings is 2.